The summed E-state index contributed by atoms with van der Waals surface area (Å²) in [7, 11) is -3.48. The first-order valence-corrected chi connectivity index (χ1v) is 8.47. The number of ether oxygens (including phenoxy) is 1. The molecule has 0 amide bonds. The summed E-state index contributed by atoms with van der Waals surface area (Å²) in [4.78, 5) is 0.594. The number of hydrogen-bond acceptors (Lipinski definition) is 4. The first-order chi connectivity index (χ1) is 10.5. The molecule has 0 bridgehead atoms. The summed E-state index contributed by atoms with van der Waals surface area (Å²) in [5.41, 5.74) is 8.14. The quantitative estimate of drug-likeness (QED) is 0.941. The minimum absolute atomic E-state index is 0.0262. The van der Waals surface area contributed by atoms with Crippen LogP contribution < -0.4 is 10.5 Å². The average molecular weight is 315 g/mol. The second-order valence-electron chi connectivity index (χ2n) is 5.30. The lowest BCUT2D eigenvalue weighted by Gasteiger charge is -2.08. The van der Waals surface area contributed by atoms with Crippen LogP contribution in [0.5, 0.6) is 5.75 Å². The van der Waals surface area contributed by atoms with Gasteiger partial charge in [-0.15, -0.1) is 0 Å². The summed E-state index contributed by atoms with van der Waals surface area (Å²) in [6.45, 7) is 2.30. The van der Waals surface area contributed by atoms with Crippen molar-refractivity contribution in [2.75, 3.05) is 6.61 Å². The Morgan fingerprint density at radius 3 is 2.68 bits per heavy atom. The van der Waals surface area contributed by atoms with Crippen LogP contribution in [-0.2, 0) is 16.4 Å². The second-order valence-corrected chi connectivity index (χ2v) is 7.27. The zero-order valence-electron chi connectivity index (χ0n) is 12.2. The highest BCUT2D eigenvalue weighted by Crippen LogP contribution is 2.33. The van der Waals surface area contributed by atoms with Crippen molar-refractivity contribution in [1.82, 2.24) is 0 Å². The first-order valence-electron chi connectivity index (χ1n) is 6.99. The maximum Gasteiger partial charge on any atom is 0.206 e. The molecule has 0 fully saturated rings. The third-order valence-electron chi connectivity index (χ3n) is 3.64. The van der Waals surface area contributed by atoms with Gasteiger partial charge in [0, 0.05) is 6.54 Å². The molecule has 0 saturated heterocycles. The predicted octanol–water partition coefficient (Wildman–Crippen LogP) is 2.66. The molecule has 0 aromatic heterocycles. The molecular formula is C17H17NO3S. The van der Waals surface area contributed by atoms with Crippen LogP contribution in [-0.4, -0.2) is 15.0 Å². The Kier molecular flexibility index (Phi) is 3.76. The molecule has 5 heteroatoms. The van der Waals surface area contributed by atoms with E-state index in [4.69, 9.17) is 10.5 Å². The van der Waals surface area contributed by atoms with Crippen LogP contribution in [0.4, 0.5) is 0 Å². The van der Waals surface area contributed by atoms with Gasteiger partial charge in [0.05, 0.1) is 9.80 Å². The van der Waals surface area contributed by atoms with Crippen molar-refractivity contribution in [1.29, 1.82) is 0 Å². The van der Waals surface area contributed by atoms with E-state index in [-0.39, 0.29) is 11.5 Å². The molecule has 3 rings (SSSR count). The Morgan fingerprint density at radius 1 is 1.14 bits per heavy atom. The molecule has 114 valence electrons. The molecule has 0 aliphatic carbocycles. The van der Waals surface area contributed by atoms with Crippen LogP contribution in [0, 0.1) is 6.92 Å². The van der Waals surface area contributed by atoms with Crippen molar-refractivity contribution in [2.24, 2.45) is 5.73 Å². The van der Waals surface area contributed by atoms with E-state index >= 15 is 0 Å². The van der Waals surface area contributed by atoms with Gasteiger partial charge in [-0.3, -0.25) is 0 Å². The molecule has 0 spiro atoms. The lowest BCUT2D eigenvalue weighted by molar-refractivity contribution is 0.359. The van der Waals surface area contributed by atoms with Gasteiger partial charge < -0.3 is 10.5 Å². The summed E-state index contributed by atoms with van der Waals surface area (Å²) in [6.07, 6.45) is 1.67. The fourth-order valence-electron chi connectivity index (χ4n) is 2.43. The van der Waals surface area contributed by atoms with Crippen molar-refractivity contribution < 1.29 is 13.2 Å². The van der Waals surface area contributed by atoms with E-state index in [0.29, 0.717) is 22.8 Å². The molecule has 0 radical (unpaired) electrons. The fraction of sp³-hybridized carbons (Fsp3) is 0.176. The molecule has 2 N–H and O–H groups in total. The van der Waals surface area contributed by atoms with Crippen molar-refractivity contribution in [3.63, 3.8) is 0 Å². The third-order valence-corrected chi connectivity index (χ3v) is 5.49. The number of sulfone groups is 1. The number of hydrogen-bond donors (Lipinski definition) is 1. The van der Waals surface area contributed by atoms with E-state index in [0.717, 1.165) is 11.1 Å². The number of nitrogens with two attached hydrogens (primary N) is 1. The Balaban J connectivity index is 1.84. The number of aryl methyl sites for hydroxylation is 1. The minimum atomic E-state index is -3.48. The van der Waals surface area contributed by atoms with Gasteiger partial charge in [-0.2, -0.15) is 0 Å². The molecule has 1 aliphatic rings. The Labute approximate surface area is 130 Å². The average Bonchev–Trinajstić information content (AvgIpc) is 2.76. The lowest BCUT2D eigenvalue weighted by Crippen LogP contribution is -2.09. The van der Waals surface area contributed by atoms with Crippen LogP contribution in [0.1, 0.15) is 16.7 Å². The molecule has 22 heavy (non-hydrogen) atoms. The molecule has 0 saturated carbocycles. The second kappa shape index (κ2) is 5.59. The maximum atomic E-state index is 12.6. The first kappa shape index (κ1) is 14.8. The SMILES string of the molecule is Cc1cccc(OCC2=Cc3ccc(CN)cc3S2(=O)=O)c1. The molecule has 1 aliphatic heterocycles. The molecular weight excluding hydrogens is 298 g/mol. The molecule has 0 atom stereocenters. The van der Waals surface area contributed by atoms with Gasteiger partial charge in [-0.25, -0.2) is 8.42 Å². The molecule has 0 unspecified atom stereocenters. The zero-order valence-corrected chi connectivity index (χ0v) is 13.1. The molecule has 2 aromatic rings. The van der Waals surface area contributed by atoms with Gasteiger partial charge in [-0.1, -0.05) is 24.3 Å². The van der Waals surface area contributed by atoms with E-state index in [1.165, 1.54) is 0 Å². The van der Waals surface area contributed by atoms with Crippen LogP contribution in [0.3, 0.4) is 0 Å². The van der Waals surface area contributed by atoms with E-state index in [1.54, 1.807) is 18.2 Å². The molecule has 1 heterocycles. The topological polar surface area (TPSA) is 69.4 Å². The highest BCUT2D eigenvalue weighted by molar-refractivity contribution is 7.95. The van der Waals surface area contributed by atoms with Gasteiger partial charge in [0.15, 0.2) is 0 Å². The van der Waals surface area contributed by atoms with Gasteiger partial charge >= 0.3 is 0 Å². The van der Waals surface area contributed by atoms with Gasteiger partial charge in [-0.05, 0) is 47.9 Å². The van der Waals surface area contributed by atoms with Crippen LogP contribution >= 0.6 is 0 Å². The van der Waals surface area contributed by atoms with Crippen LogP contribution in [0.25, 0.3) is 6.08 Å². The Morgan fingerprint density at radius 2 is 1.95 bits per heavy atom. The standard InChI is InChI=1S/C17H17NO3S/c1-12-3-2-4-15(7-12)21-11-16-9-14-6-5-13(10-18)8-17(14)22(16,19)20/h2-9H,10-11,18H2,1H3. The van der Waals surface area contributed by atoms with Crippen molar-refractivity contribution in [2.45, 2.75) is 18.4 Å². The maximum absolute atomic E-state index is 12.6. The largest absolute Gasteiger partial charge is 0.488 e. The third kappa shape index (κ3) is 2.65. The van der Waals surface area contributed by atoms with Gasteiger partial charge in [0.1, 0.15) is 12.4 Å². The molecule has 4 nitrogen and oxygen atoms in total. The fourth-order valence-corrected chi connectivity index (χ4v) is 3.95. The van der Waals surface area contributed by atoms with E-state index in [1.807, 2.05) is 37.3 Å². The van der Waals surface area contributed by atoms with E-state index in [2.05, 4.69) is 0 Å². The van der Waals surface area contributed by atoms with Crippen molar-refractivity contribution in [3.05, 3.63) is 64.1 Å². The lowest BCUT2D eigenvalue weighted by atomic mass is 10.1. The summed E-state index contributed by atoms with van der Waals surface area (Å²) in [5, 5.41) is 0. The normalized spacial score (nSPS) is 15.3. The van der Waals surface area contributed by atoms with Crippen molar-refractivity contribution >= 4 is 15.9 Å². The van der Waals surface area contributed by atoms with Gasteiger partial charge in [0.25, 0.3) is 0 Å². The summed E-state index contributed by atoms with van der Waals surface area (Å²) < 4.78 is 30.7. The van der Waals surface area contributed by atoms with Crippen LogP contribution in [0.15, 0.2) is 52.3 Å². The monoisotopic (exact) mass is 315 g/mol. The van der Waals surface area contributed by atoms with Crippen LogP contribution in [0.2, 0.25) is 0 Å². The van der Waals surface area contributed by atoms with E-state index in [9.17, 15) is 8.42 Å². The van der Waals surface area contributed by atoms with E-state index < -0.39 is 9.84 Å². The van der Waals surface area contributed by atoms with Gasteiger partial charge in [0.2, 0.25) is 9.84 Å². The molecule has 2 aromatic carbocycles. The minimum Gasteiger partial charge on any atom is -0.488 e. The number of benzene rings is 2. The number of fused-ring (bicyclic) bond motifs is 1. The predicted molar refractivity (Wildman–Crippen MR) is 86.2 cm³/mol. The van der Waals surface area contributed by atoms with Crippen molar-refractivity contribution in [3.8, 4) is 5.75 Å². The Bertz CT molecular complexity index is 854. The smallest absolute Gasteiger partial charge is 0.206 e. The summed E-state index contributed by atoms with van der Waals surface area (Å²) in [5.74, 6) is 0.662. The zero-order chi connectivity index (χ0) is 15.7. The number of rotatable bonds is 4. The highest BCUT2D eigenvalue weighted by atomic mass is 32.2. The Hall–Kier alpha value is -2.11. The summed E-state index contributed by atoms with van der Waals surface area (Å²) in [6, 6.07) is 12.8. The summed E-state index contributed by atoms with van der Waals surface area (Å²) >= 11 is 0. The highest BCUT2D eigenvalue weighted by Gasteiger charge is 2.30.